The number of anilines is 2. The number of pyridine rings is 2. The van der Waals surface area contributed by atoms with Crippen molar-refractivity contribution in [1.82, 2.24) is 24.5 Å². The van der Waals surface area contributed by atoms with Gasteiger partial charge in [-0.1, -0.05) is 23.5 Å². The van der Waals surface area contributed by atoms with Gasteiger partial charge in [0.15, 0.2) is 5.13 Å². The second-order valence-corrected chi connectivity index (χ2v) is 9.00. The lowest BCUT2D eigenvalue weighted by atomic mass is 10.2. The summed E-state index contributed by atoms with van der Waals surface area (Å²) in [6.45, 7) is 0. The average Bonchev–Trinajstić information content (AvgIpc) is 3.50. The van der Waals surface area contributed by atoms with E-state index in [4.69, 9.17) is 0 Å². The zero-order valence-corrected chi connectivity index (χ0v) is 18.0. The summed E-state index contributed by atoms with van der Waals surface area (Å²) in [5.41, 5.74) is 3.17. The topological polar surface area (TPSA) is 101 Å². The fraction of sp³-hybridized carbons (Fsp3) is 0.217. The molecule has 0 spiro atoms. The van der Waals surface area contributed by atoms with Crippen LogP contribution in [-0.2, 0) is 0 Å². The summed E-state index contributed by atoms with van der Waals surface area (Å²) in [6.07, 6.45) is 6.67. The number of aromatic amines is 1. The molecule has 0 radical (unpaired) electrons. The van der Waals surface area contributed by atoms with E-state index >= 15 is 0 Å². The number of H-pyrrole nitrogens is 1. The van der Waals surface area contributed by atoms with Crippen LogP contribution >= 0.6 is 11.3 Å². The molecule has 8 nitrogen and oxygen atoms in total. The Kier molecular flexibility index (Phi) is 4.61. The SMILES string of the molecule is O=c1[nH]c2ccccc2n1-c1ccc(N[C@H]2CC[C@H](Nc3nc4cccnc4s3)C2)nc1. The van der Waals surface area contributed by atoms with Crippen molar-refractivity contribution in [2.24, 2.45) is 0 Å². The molecule has 160 valence electrons. The minimum atomic E-state index is -0.163. The number of fused-ring (bicyclic) bond motifs is 2. The molecule has 2 atom stereocenters. The fourth-order valence-corrected chi connectivity index (χ4v) is 5.26. The van der Waals surface area contributed by atoms with Crippen molar-refractivity contribution in [3.8, 4) is 5.69 Å². The molecule has 3 N–H and O–H groups in total. The van der Waals surface area contributed by atoms with E-state index in [1.807, 2.05) is 48.5 Å². The minimum absolute atomic E-state index is 0.163. The van der Waals surface area contributed by atoms with Gasteiger partial charge in [0.2, 0.25) is 0 Å². The van der Waals surface area contributed by atoms with Crippen LogP contribution in [0.5, 0.6) is 0 Å². The highest BCUT2D eigenvalue weighted by atomic mass is 32.1. The van der Waals surface area contributed by atoms with Gasteiger partial charge in [-0.2, -0.15) is 0 Å². The number of hydrogen-bond acceptors (Lipinski definition) is 7. The lowest BCUT2D eigenvalue weighted by Gasteiger charge is -2.15. The maximum atomic E-state index is 12.4. The molecule has 0 aliphatic heterocycles. The Bertz CT molecular complexity index is 1420. The first-order valence-corrected chi connectivity index (χ1v) is 11.5. The van der Waals surface area contributed by atoms with Crippen LogP contribution in [0.3, 0.4) is 0 Å². The van der Waals surface area contributed by atoms with E-state index in [1.54, 1.807) is 28.3 Å². The van der Waals surface area contributed by atoms with Crippen LogP contribution in [0.4, 0.5) is 10.9 Å². The monoisotopic (exact) mass is 443 g/mol. The molecule has 1 aliphatic carbocycles. The van der Waals surface area contributed by atoms with E-state index in [1.165, 1.54) is 0 Å². The number of benzene rings is 1. The number of thiazole rings is 1. The lowest BCUT2D eigenvalue weighted by molar-refractivity contribution is 0.722. The molecule has 1 aromatic carbocycles. The Morgan fingerprint density at radius 2 is 1.88 bits per heavy atom. The van der Waals surface area contributed by atoms with Gasteiger partial charge in [-0.25, -0.2) is 19.7 Å². The largest absolute Gasteiger partial charge is 0.367 e. The predicted octanol–water partition coefficient (Wildman–Crippen LogP) is 4.16. The first-order chi connectivity index (χ1) is 15.7. The first kappa shape index (κ1) is 19.0. The normalized spacial score (nSPS) is 18.4. The van der Waals surface area contributed by atoms with E-state index in [9.17, 15) is 4.79 Å². The highest BCUT2D eigenvalue weighted by Gasteiger charge is 2.25. The Morgan fingerprint density at radius 3 is 2.72 bits per heavy atom. The fourth-order valence-electron chi connectivity index (χ4n) is 4.37. The molecule has 0 unspecified atom stereocenters. The van der Waals surface area contributed by atoms with Crippen LogP contribution < -0.4 is 16.3 Å². The van der Waals surface area contributed by atoms with Crippen LogP contribution in [0.2, 0.25) is 0 Å². The van der Waals surface area contributed by atoms with Crippen molar-refractivity contribution in [2.75, 3.05) is 10.6 Å². The molecular weight excluding hydrogens is 422 g/mol. The third-order valence-corrected chi connectivity index (χ3v) is 6.78. The Labute approximate surface area is 187 Å². The zero-order valence-electron chi connectivity index (χ0n) is 17.2. The molecule has 6 rings (SSSR count). The molecule has 1 saturated carbocycles. The molecular formula is C23H21N7OS. The molecule has 4 aromatic heterocycles. The van der Waals surface area contributed by atoms with Crippen molar-refractivity contribution in [3.05, 3.63) is 71.4 Å². The number of aromatic nitrogens is 5. The number of nitrogens with zero attached hydrogens (tertiary/aromatic N) is 4. The quantitative estimate of drug-likeness (QED) is 0.377. The predicted molar refractivity (Wildman–Crippen MR) is 128 cm³/mol. The second-order valence-electron chi connectivity index (χ2n) is 8.03. The standard InChI is InChI=1S/C23H21N7OS/c31-23-29-17-4-1-2-6-19(17)30(23)16-9-10-20(25-13-16)26-14-7-8-15(12-14)27-22-28-18-5-3-11-24-21(18)32-22/h1-6,9-11,13-15H,7-8,12H2,(H,25,26)(H,27,28)(H,29,31)/t14-,15-/m0/s1. The summed E-state index contributed by atoms with van der Waals surface area (Å²) in [5, 5.41) is 8.02. The van der Waals surface area contributed by atoms with Gasteiger partial charge in [-0.3, -0.25) is 4.57 Å². The maximum absolute atomic E-state index is 12.4. The summed E-state index contributed by atoms with van der Waals surface area (Å²) in [7, 11) is 0. The molecule has 5 aromatic rings. The van der Waals surface area contributed by atoms with Crippen LogP contribution in [0, 0.1) is 0 Å². The number of rotatable bonds is 5. The van der Waals surface area contributed by atoms with Gasteiger partial charge in [-0.05, 0) is 55.7 Å². The smallest absolute Gasteiger partial charge is 0.331 e. The third-order valence-electron chi connectivity index (χ3n) is 5.87. The number of imidazole rings is 1. The van der Waals surface area contributed by atoms with Crippen LogP contribution in [0.15, 0.2) is 65.7 Å². The maximum Gasteiger partial charge on any atom is 0.331 e. The molecule has 0 amide bonds. The van der Waals surface area contributed by atoms with Crippen LogP contribution in [0.25, 0.3) is 27.1 Å². The van der Waals surface area contributed by atoms with Gasteiger partial charge in [0, 0.05) is 18.3 Å². The van der Waals surface area contributed by atoms with Gasteiger partial charge >= 0.3 is 5.69 Å². The molecule has 1 aliphatic rings. The van der Waals surface area contributed by atoms with Gasteiger partial charge in [0.05, 0.1) is 22.9 Å². The van der Waals surface area contributed by atoms with Crippen molar-refractivity contribution >= 4 is 43.7 Å². The number of nitrogens with one attached hydrogen (secondary N) is 3. The Morgan fingerprint density at radius 1 is 1.00 bits per heavy atom. The summed E-state index contributed by atoms with van der Waals surface area (Å²) in [5.74, 6) is 0.816. The van der Waals surface area contributed by atoms with E-state index in [0.717, 1.165) is 57.3 Å². The van der Waals surface area contributed by atoms with Crippen molar-refractivity contribution in [3.63, 3.8) is 0 Å². The second kappa shape index (κ2) is 7.76. The van der Waals surface area contributed by atoms with E-state index in [0.29, 0.717) is 12.1 Å². The van der Waals surface area contributed by atoms with Crippen LogP contribution in [-0.4, -0.2) is 36.6 Å². The third kappa shape index (κ3) is 3.50. The minimum Gasteiger partial charge on any atom is -0.367 e. The Balaban J connectivity index is 1.12. The van der Waals surface area contributed by atoms with Crippen molar-refractivity contribution in [2.45, 2.75) is 31.3 Å². The summed E-state index contributed by atoms with van der Waals surface area (Å²) >= 11 is 1.59. The summed E-state index contributed by atoms with van der Waals surface area (Å²) < 4.78 is 1.65. The van der Waals surface area contributed by atoms with E-state index in [-0.39, 0.29) is 5.69 Å². The highest BCUT2D eigenvalue weighted by Crippen LogP contribution is 2.29. The van der Waals surface area contributed by atoms with Gasteiger partial charge < -0.3 is 15.6 Å². The average molecular weight is 444 g/mol. The molecule has 1 fully saturated rings. The van der Waals surface area contributed by atoms with Crippen molar-refractivity contribution in [1.29, 1.82) is 0 Å². The Hall–Kier alpha value is -3.72. The summed E-state index contributed by atoms with van der Waals surface area (Å²) in [6, 6.07) is 16.1. The molecule has 0 saturated heterocycles. The first-order valence-electron chi connectivity index (χ1n) is 10.6. The number of para-hydroxylation sites is 2. The molecule has 4 heterocycles. The summed E-state index contributed by atoms with van der Waals surface area (Å²) in [4.78, 5) is 29.8. The molecule has 0 bridgehead atoms. The van der Waals surface area contributed by atoms with Gasteiger partial charge in [-0.15, -0.1) is 0 Å². The van der Waals surface area contributed by atoms with E-state index < -0.39 is 0 Å². The highest BCUT2D eigenvalue weighted by molar-refractivity contribution is 7.21. The van der Waals surface area contributed by atoms with Gasteiger partial charge in [0.25, 0.3) is 0 Å². The molecule has 32 heavy (non-hydrogen) atoms. The van der Waals surface area contributed by atoms with Crippen molar-refractivity contribution < 1.29 is 0 Å². The van der Waals surface area contributed by atoms with E-state index in [2.05, 4.69) is 30.6 Å². The van der Waals surface area contributed by atoms with Crippen LogP contribution in [0.1, 0.15) is 19.3 Å². The van der Waals surface area contributed by atoms with Gasteiger partial charge in [0.1, 0.15) is 16.2 Å². The molecule has 9 heteroatoms. The lowest BCUT2D eigenvalue weighted by Crippen LogP contribution is -2.21. The number of hydrogen-bond donors (Lipinski definition) is 3. The zero-order chi connectivity index (χ0) is 21.5.